The number of nitrogens with one attached hydrogen (secondary N) is 2. The van der Waals surface area contributed by atoms with Gasteiger partial charge in [-0.15, -0.1) is 0 Å². The van der Waals surface area contributed by atoms with Crippen molar-refractivity contribution in [2.75, 3.05) is 6.54 Å². The molecule has 1 saturated carbocycles. The van der Waals surface area contributed by atoms with E-state index in [1.807, 2.05) is 6.07 Å². The van der Waals surface area contributed by atoms with Gasteiger partial charge in [-0.05, 0) is 31.2 Å². The van der Waals surface area contributed by atoms with Crippen LogP contribution in [0.15, 0.2) is 35.1 Å². The molecule has 2 aliphatic rings. The van der Waals surface area contributed by atoms with Gasteiger partial charge in [-0.2, -0.15) is 0 Å². The summed E-state index contributed by atoms with van der Waals surface area (Å²) in [5, 5.41) is 3.12. The smallest absolute Gasteiger partial charge is 0.318 e. The molecule has 0 spiro atoms. The van der Waals surface area contributed by atoms with E-state index in [1.165, 1.54) is 31.2 Å². The number of H-pyrrole nitrogens is 1. The first kappa shape index (κ1) is 17.8. The van der Waals surface area contributed by atoms with Crippen LogP contribution in [0.1, 0.15) is 54.2 Å². The van der Waals surface area contributed by atoms with Crippen molar-refractivity contribution in [2.24, 2.45) is 5.92 Å². The van der Waals surface area contributed by atoms with Crippen LogP contribution in [0.25, 0.3) is 0 Å². The second-order valence-corrected chi connectivity index (χ2v) is 7.68. The highest BCUT2D eigenvalue weighted by atomic mass is 16.2. The summed E-state index contributed by atoms with van der Waals surface area (Å²) >= 11 is 0. The summed E-state index contributed by atoms with van der Waals surface area (Å²) in [6.07, 6.45) is 5.00. The van der Waals surface area contributed by atoms with E-state index in [1.54, 1.807) is 11.8 Å². The molecule has 0 saturated heterocycles. The van der Waals surface area contributed by atoms with Crippen LogP contribution in [0, 0.1) is 12.8 Å². The Hall–Kier alpha value is -2.63. The quantitative estimate of drug-likeness (QED) is 0.873. The van der Waals surface area contributed by atoms with Crippen molar-refractivity contribution in [3.63, 3.8) is 0 Å². The Morgan fingerprint density at radius 1 is 1.26 bits per heavy atom. The van der Waals surface area contributed by atoms with E-state index >= 15 is 0 Å². The van der Waals surface area contributed by atoms with E-state index in [2.05, 4.69) is 39.6 Å². The normalized spacial score (nSPS) is 17.7. The first-order valence-corrected chi connectivity index (χ1v) is 9.78. The summed E-state index contributed by atoms with van der Waals surface area (Å²) in [5.74, 6) is 1.55. The summed E-state index contributed by atoms with van der Waals surface area (Å²) in [5.41, 5.74) is 2.47. The number of benzene rings is 1. The average Bonchev–Trinajstić information content (AvgIpc) is 3.32. The van der Waals surface area contributed by atoms with Gasteiger partial charge in [0.05, 0.1) is 24.3 Å². The number of aromatic amines is 1. The topological polar surface area (TPSA) is 78.1 Å². The highest BCUT2D eigenvalue weighted by molar-refractivity contribution is 5.75. The van der Waals surface area contributed by atoms with Crippen molar-refractivity contribution in [3.05, 3.63) is 63.3 Å². The van der Waals surface area contributed by atoms with Crippen molar-refractivity contribution >= 4 is 6.03 Å². The molecule has 2 amide bonds. The zero-order chi connectivity index (χ0) is 18.8. The molecular weight excluding hydrogens is 340 g/mol. The molecule has 4 rings (SSSR count). The Morgan fingerprint density at radius 2 is 2.00 bits per heavy atom. The predicted octanol–water partition coefficient (Wildman–Crippen LogP) is 3.08. The lowest BCUT2D eigenvalue weighted by Crippen LogP contribution is -2.39. The molecule has 1 fully saturated rings. The number of hydrogen-bond donors (Lipinski definition) is 2. The van der Waals surface area contributed by atoms with Crippen molar-refractivity contribution < 1.29 is 4.79 Å². The number of amides is 2. The SMILES string of the molecule is Cc1nc2c(c(=O)[nH]1)CN(C(=O)NC[C@@H](c1ccccc1)C1CCCC1)C2. The van der Waals surface area contributed by atoms with Crippen LogP contribution in [0.5, 0.6) is 0 Å². The fraction of sp³-hybridized carbons (Fsp3) is 0.476. The zero-order valence-electron chi connectivity index (χ0n) is 15.7. The highest BCUT2D eigenvalue weighted by Gasteiger charge is 2.30. The van der Waals surface area contributed by atoms with Crippen LogP contribution in [-0.4, -0.2) is 27.4 Å². The third-order valence-electron chi connectivity index (χ3n) is 5.87. The summed E-state index contributed by atoms with van der Waals surface area (Å²) in [4.78, 5) is 33.6. The van der Waals surface area contributed by atoms with E-state index in [0.29, 0.717) is 48.6 Å². The van der Waals surface area contributed by atoms with E-state index in [4.69, 9.17) is 0 Å². The molecule has 1 aromatic carbocycles. The molecule has 0 bridgehead atoms. The number of rotatable bonds is 4. The van der Waals surface area contributed by atoms with Gasteiger partial charge in [0.1, 0.15) is 5.82 Å². The molecule has 0 unspecified atom stereocenters. The lowest BCUT2D eigenvalue weighted by atomic mass is 9.85. The molecule has 6 heteroatoms. The molecule has 1 aromatic heterocycles. The van der Waals surface area contributed by atoms with Gasteiger partial charge in [-0.25, -0.2) is 9.78 Å². The lowest BCUT2D eigenvalue weighted by Gasteiger charge is -2.26. The second-order valence-electron chi connectivity index (χ2n) is 7.68. The van der Waals surface area contributed by atoms with Crippen LogP contribution in [0.2, 0.25) is 0 Å². The monoisotopic (exact) mass is 366 g/mol. The number of carbonyl (C=O) groups excluding carboxylic acids is 1. The fourth-order valence-electron chi connectivity index (χ4n) is 4.46. The fourth-order valence-corrected chi connectivity index (χ4v) is 4.46. The lowest BCUT2D eigenvalue weighted by molar-refractivity contribution is 0.196. The van der Waals surface area contributed by atoms with Gasteiger partial charge in [0.2, 0.25) is 0 Å². The summed E-state index contributed by atoms with van der Waals surface area (Å²) in [6.45, 7) is 3.11. The Kier molecular flexibility index (Phi) is 4.97. The predicted molar refractivity (Wildman–Crippen MR) is 103 cm³/mol. The summed E-state index contributed by atoms with van der Waals surface area (Å²) < 4.78 is 0. The van der Waals surface area contributed by atoms with E-state index in [-0.39, 0.29) is 11.6 Å². The summed E-state index contributed by atoms with van der Waals surface area (Å²) in [6, 6.07) is 10.4. The number of hydrogen-bond acceptors (Lipinski definition) is 3. The number of carbonyl (C=O) groups is 1. The summed E-state index contributed by atoms with van der Waals surface area (Å²) in [7, 11) is 0. The van der Waals surface area contributed by atoms with E-state index in [0.717, 1.165) is 0 Å². The number of urea groups is 1. The van der Waals surface area contributed by atoms with Crippen LogP contribution in [0.4, 0.5) is 4.79 Å². The van der Waals surface area contributed by atoms with Gasteiger partial charge >= 0.3 is 6.03 Å². The molecule has 1 atom stereocenters. The molecule has 1 aliphatic carbocycles. The van der Waals surface area contributed by atoms with Crippen LogP contribution < -0.4 is 10.9 Å². The number of aryl methyl sites for hydroxylation is 1. The van der Waals surface area contributed by atoms with Gasteiger partial charge in [-0.1, -0.05) is 43.2 Å². The van der Waals surface area contributed by atoms with Gasteiger partial charge in [0, 0.05) is 12.5 Å². The van der Waals surface area contributed by atoms with Gasteiger partial charge in [-0.3, -0.25) is 4.79 Å². The first-order valence-electron chi connectivity index (χ1n) is 9.78. The van der Waals surface area contributed by atoms with Gasteiger partial charge in [0.25, 0.3) is 5.56 Å². The third-order valence-corrected chi connectivity index (χ3v) is 5.87. The molecule has 2 aromatic rings. The van der Waals surface area contributed by atoms with Crippen molar-refractivity contribution in [1.29, 1.82) is 0 Å². The molecule has 1 aliphatic heterocycles. The molecule has 2 N–H and O–H groups in total. The van der Waals surface area contributed by atoms with E-state index < -0.39 is 0 Å². The minimum Gasteiger partial charge on any atom is -0.337 e. The molecule has 142 valence electrons. The maximum Gasteiger partial charge on any atom is 0.318 e. The average molecular weight is 366 g/mol. The Labute approximate surface area is 159 Å². The molecule has 0 radical (unpaired) electrons. The molecule has 27 heavy (non-hydrogen) atoms. The number of nitrogens with zero attached hydrogens (tertiary/aromatic N) is 2. The molecular formula is C21H26N4O2. The maximum absolute atomic E-state index is 12.7. The zero-order valence-corrected chi connectivity index (χ0v) is 15.7. The van der Waals surface area contributed by atoms with Crippen molar-refractivity contribution in [1.82, 2.24) is 20.2 Å². The van der Waals surface area contributed by atoms with Crippen molar-refractivity contribution in [2.45, 2.75) is 51.6 Å². The molecule has 2 heterocycles. The first-order chi connectivity index (χ1) is 13.1. The Bertz CT molecular complexity index is 871. The van der Waals surface area contributed by atoms with Crippen LogP contribution >= 0.6 is 0 Å². The highest BCUT2D eigenvalue weighted by Crippen LogP contribution is 2.37. The number of aromatic nitrogens is 2. The van der Waals surface area contributed by atoms with E-state index in [9.17, 15) is 9.59 Å². The number of fused-ring (bicyclic) bond motifs is 1. The van der Waals surface area contributed by atoms with Crippen molar-refractivity contribution in [3.8, 4) is 0 Å². The molecule has 6 nitrogen and oxygen atoms in total. The van der Waals surface area contributed by atoms with Gasteiger partial charge in [0.15, 0.2) is 0 Å². The largest absolute Gasteiger partial charge is 0.337 e. The third kappa shape index (κ3) is 3.75. The minimum absolute atomic E-state index is 0.121. The minimum atomic E-state index is -0.138. The maximum atomic E-state index is 12.7. The Morgan fingerprint density at radius 3 is 2.74 bits per heavy atom. The van der Waals surface area contributed by atoms with Crippen LogP contribution in [-0.2, 0) is 13.1 Å². The van der Waals surface area contributed by atoms with Gasteiger partial charge < -0.3 is 15.2 Å². The van der Waals surface area contributed by atoms with Crippen LogP contribution in [0.3, 0.4) is 0 Å². The second kappa shape index (κ2) is 7.55. The Balaban J connectivity index is 1.43. The standard InChI is InChI=1S/C21H26N4O2/c1-14-23-19-13-25(12-18(19)20(26)24-14)21(27)22-11-17(16-9-5-6-10-16)15-7-3-2-4-8-15/h2-4,7-8,16-17H,5-6,9-13H2,1H3,(H,22,27)(H,23,24,26)/t17-/m0/s1.